The predicted octanol–water partition coefficient (Wildman–Crippen LogP) is 1.92. The van der Waals surface area contributed by atoms with Crippen LogP contribution >= 0.6 is 0 Å². The minimum absolute atomic E-state index is 0.457. The Kier molecular flexibility index (Phi) is 5.64. The smallest absolute Gasteiger partial charge is 0.374 e. The van der Waals surface area contributed by atoms with Gasteiger partial charge in [-0.1, -0.05) is 13.0 Å². The Bertz CT molecular complexity index is 220. The van der Waals surface area contributed by atoms with Gasteiger partial charge in [-0.3, -0.25) is 0 Å². The Morgan fingerprint density at radius 3 is 2.19 bits per heavy atom. The predicted molar refractivity (Wildman–Crippen MR) is 64.1 cm³/mol. The SMILES string of the molecule is CCC1OC1CCC=C[Si](OC)(OC)OC. The molecule has 94 valence electrons. The number of epoxide rings is 1. The molecule has 0 amide bonds. The highest BCUT2D eigenvalue weighted by Gasteiger charge is 2.36. The van der Waals surface area contributed by atoms with Crippen molar-refractivity contribution in [2.75, 3.05) is 21.3 Å². The minimum Gasteiger partial charge on any atom is -0.374 e. The van der Waals surface area contributed by atoms with E-state index in [0.29, 0.717) is 12.2 Å². The summed E-state index contributed by atoms with van der Waals surface area (Å²) in [6, 6.07) is 0. The van der Waals surface area contributed by atoms with Crippen molar-refractivity contribution in [3.8, 4) is 0 Å². The standard InChI is InChI=1S/C11H22O4Si/c1-5-10-11(15-10)8-6-7-9-16(12-2,13-3)14-4/h7,9-11H,5-6,8H2,1-4H3. The second-order valence-corrected chi connectivity index (χ2v) is 6.58. The average molecular weight is 246 g/mol. The number of rotatable bonds is 8. The molecule has 1 heterocycles. The third-order valence-electron chi connectivity index (χ3n) is 2.88. The molecular weight excluding hydrogens is 224 g/mol. The summed E-state index contributed by atoms with van der Waals surface area (Å²) in [7, 11) is 2.32. The second-order valence-electron chi connectivity index (χ2n) is 3.82. The quantitative estimate of drug-likeness (QED) is 0.484. The van der Waals surface area contributed by atoms with Crippen LogP contribution in [-0.2, 0) is 18.0 Å². The van der Waals surface area contributed by atoms with E-state index in [4.69, 9.17) is 18.0 Å². The van der Waals surface area contributed by atoms with Crippen LogP contribution in [-0.4, -0.2) is 42.3 Å². The summed E-state index contributed by atoms with van der Waals surface area (Å²) in [6.07, 6.45) is 6.17. The van der Waals surface area contributed by atoms with E-state index in [-0.39, 0.29) is 0 Å². The molecule has 0 saturated carbocycles. The highest BCUT2D eigenvalue weighted by Crippen LogP contribution is 2.29. The Labute approximate surface area is 98.9 Å². The number of hydrogen-bond donors (Lipinski definition) is 0. The van der Waals surface area contributed by atoms with Crippen LogP contribution in [0.2, 0.25) is 0 Å². The third-order valence-corrected chi connectivity index (χ3v) is 5.23. The van der Waals surface area contributed by atoms with Gasteiger partial charge in [-0.15, -0.1) is 0 Å². The number of ether oxygens (including phenoxy) is 1. The monoisotopic (exact) mass is 246 g/mol. The van der Waals surface area contributed by atoms with Crippen molar-refractivity contribution < 1.29 is 18.0 Å². The largest absolute Gasteiger partial charge is 0.528 e. The molecule has 0 spiro atoms. The van der Waals surface area contributed by atoms with E-state index < -0.39 is 8.80 Å². The van der Waals surface area contributed by atoms with Crippen LogP contribution in [0.4, 0.5) is 0 Å². The zero-order chi connectivity index (χ0) is 12.0. The van der Waals surface area contributed by atoms with Crippen molar-refractivity contribution in [1.29, 1.82) is 0 Å². The van der Waals surface area contributed by atoms with Gasteiger partial charge in [0, 0.05) is 21.3 Å². The number of allylic oxidation sites excluding steroid dienone is 1. The molecule has 5 heteroatoms. The Balaban J connectivity index is 2.24. The molecule has 1 aliphatic heterocycles. The van der Waals surface area contributed by atoms with Crippen LogP contribution in [0.15, 0.2) is 11.8 Å². The lowest BCUT2D eigenvalue weighted by molar-refractivity contribution is 0.138. The van der Waals surface area contributed by atoms with Gasteiger partial charge in [0.15, 0.2) is 0 Å². The first-order valence-electron chi connectivity index (χ1n) is 5.70. The van der Waals surface area contributed by atoms with Crippen molar-refractivity contribution >= 4 is 8.80 Å². The highest BCUT2D eigenvalue weighted by atomic mass is 28.4. The maximum atomic E-state index is 5.46. The molecule has 1 fully saturated rings. The molecule has 0 N–H and O–H groups in total. The van der Waals surface area contributed by atoms with Crippen molar-refractivity contribution in [3.63, 3.8) is 0 Å². The Morgan fingerprint density at radius 2 is 1.75 bits per heavy atom. The van der Waals surface area contributed by atoms with E-state index in [9.17, 15) is 0 Å². The maximum absolute atomic E-state index is 5.46. The molecule has 0 aromatic carbocycles. The van der Waals surface area contributed by atoms with Gasteiger partial charge in [-0.05, 0) is 25.0 Å². The van der Waals surface area contributed by atoms with E-state index in [1.54, 1.807) is 21.3 Å². The summed E-state index contributed by atoms with van der Waals surface area (Å²) in [5.41, 5.74) is 1.93. The Hall–Kier alpha value is -0.203. The first kappa shape index (κ1) is 13.9. The molecule has 1 aliphatic rings. The lowest BCUT2D eigenvalue weighted by atomic mass is 10.2. The third kappa shape index (κ3) is 3.67. The molecular formula is C11H22O4Si. The fraction of sp³-hybridized carbons (Fsp3) is 0.818. The van der Waals surface area contributed by atoms with Gasteiger partial charge in [0.1, 0.15) is 0 Å². The molecule has 2 atom stereocenters. The molecule has 0 aromatic heterocycles. The van der Waals surface area contributed by atoms with Crippen molar-refractivity contribution in [3.05, 3.63) is 11.8 Å². The van der Waals surface area contributed by atoms with Crippen molar-refractivity contribution in [2.45, 2.75) is 38.4 Å². The van der Waals surface area contributed by atoms with Gasteiger partial charge in [-0.2, -0.15) is 0 Å². The van der Waals surface area contributed by atoms with Crippen molar-refractivity contribution in [1.82, 2.24) is 0 Å². The number of hydrogen-bond acceptors (Lipinski definition) is 4. The van der Waals surface area contributed by atoms with Crippen LogP contribution < -0.4 is 0 Å². The molecule has 2 unspecified atom stereocenters. The van der Waals surface area contributed by atoms with E-state index in [1.807, 2.05) is 5.70 Å². The topological polar surface area (TPSA) is 40.2 Å². The first-order chi connectivity index (χ1) is 7.71. The summed E-state index contributed by atoms with van der Waals surface area (Å²) in [6.45, 7) is 2.15. The van der Waals surface area contributed by atoms with Crippen LogP contribution in [0, 0.1) is 0 Å². The normalized spacial score (nSPS) is 25.2. The van der Waals surface area contributed by atoms with Crippen molar-refractivity contribution in [2.24, 2.45) is 0 Å². The average Bonchev–Trinajstić information content (AvgIpc) is 3.09. The van der Waals surface area contributed by atoms with Gasteiger partial charge < -0.3 is 18.0 Å². The van der Waals surface area contributed by atoms with E-state index >= 15 is 0 Å². The van der Waals surface area contributed by atoms with E-state index in [0.717, 1.165) is 19.3 Å². The molecule has 0 bridgehead atoms. The maximum Gasteiger partial charge on any atom is 0.528 e. The van der Waals surface area contributed by atoms with Gasteiger partial charge in [0.2, 0.25) is 0 Å². The summed E-state index contributed by atoms with van der Waals surface area (Å²) in [5.74, 6) is 0. The molecule has 0 aliphatic carbocycles. The van der Waals surface area contributed by atoms with Gasteiger partial charge in [0.25, 0.3) is 0 Å². The summed E-state index contributed by atoms with van der Waals surface area (Å²) < 4.78 is 21.3. The second kappa shape index (κ2) is 6.51. The minimum atomic E-state index is -2.52. The van der Waals surface area contributed by atoms with Crippen LogP contribution in [0.5, 0.6) is 0 Å². The zero-order valence-corrected chi connectivity index (χ0v) is 11.6. The molecule has 1 rings (SSSR count). The van der Waals surface area contributed by atoms with Gasteiger partial charge >= 0.3 is 8.80 Å². The summed E-state index contributed by atoms with van der Waals surface area (Å²) in [5, 5.41) is 0. The van der Waals surface area contributed by atoms with Crippen LogP contribution in [0.3, 0.4) is 0 Å². The molecule has 0 radical (unpaired) electrons. The molecule has 4 nitrogen and oxygen atoms in total. The van der Waals surface area contributed by atoms with E-state index in [2.05, 4.69) is 13.0 Å². The van der Waals surface area contributed by atoms with E-state index in [1.165, 1.54) is 0 Å². The van der Waals surface area contributed by atoms with Gasteiger partial charge in [-0.25, -0.2) is 0 Å². The highest BCUT2D eigenvalue weighted by molar-refractivity contribution is 6.66. The summed E-state index contributed by atoms with van der Waals surface area (Å²) in [4.78, 5) is 0. The first-order valence-corrected chi connectivity index (χ1v) is 7.50. The Morgan fingerprint density at radius 1 is 1.12 bits per heavy atom. The zero-order valence-electron chi connectivity index (χ0n) is 10.6. The molecule has 0 aromatic rings. The fourth-order valence-electron chi connectivity index (χ4n) is 1.73. The lowest BCUT2D eigenvalue weighted by Gasteiger charge is -2.20. The van der Waals surface area contributed by atoms with Crippen LogP contribution in [0.1, 0.15) is 26.2 Å². The molecule has 16 heavy (non-hydrogen) atoms. The summed E-state index contributed by atoms with van der Waals surface area (Å²) >= 11 is 0. The molecule has 1 saturated heterocycles. The fourth-order valence-corrected chi connectivity index (χ4v) is 3.10. The van der Waals surface area contributed by atoms with Crippen LogP contribution in [0.25, 0.3) is 0 Å². The van der Waals surface area contributed by atoms with Gasteiger partial charge in [0.05, 0.1) is 12.2 Å². The lowest BCUT2D eigenvalue weighted by Crippen LogP contribution is -2.40.